The SMILES string of the molecule is CCNc1ccc2c(O)c(N=Nc3ccccc3O)ccc2c1N=Nc1cc(S(=O)(=O)CC)ccc1S(=O)(=O)O. The molecule has 0 heterocycles. The van der Waals surface area contributed by atoms with Gasteiger partial charge in [0.15, 0.2) is 15.6 Å². The zero-order valence-electron chi connectivity index (χ0n) is 21.3. The topological polar surface area (TPSA) is 190 Å². The lowest BCUT2D eigenvalue weighted by molar-refractivity contribution is 0.475. The maximum atomic E-state index is 12.4. The van der Waals surface area contributed by atoms with E-state index in [0.717, 1.165) is 18.2 Å². The van der Waals surface area contributed by atoms with Gasteiger partial charge in [0.25, 0.3) is 10.1 Å². The highest BCUT2D eigenvalue weighted by atomic mass is 32.2. The number of anilines is 1. The van der Waals surface area contributed by atoms with E-state index in [4.69, 9.17) is 0 Å². The highest BCUT2D eigenvalue weighted by Crippen LogP contribution is 2.43. The molecule has 0 radical (unpaired) electrons. The summed E-state index contributed by atoms with van der Waals surface area (Å²) < 4.78 is 58.4. The maximum Gasteiger partial charge on any atom is 0.296 e. The first kappa shape index (κ1) is 28.6. The highest BCUT2D eigenvalue weighted by molar-refractivity contribution is 7.91. The van der Waals surface area contributed by atoms with Crippen molar-refractivity contribution >= 4 is 59.2 Å². The van der Waals surface area contributed by atoms with Gasteiger partial charge in [-0.05, 0) is 61.5 Å². The molecular formula is C26H25N5O7S2. The number of rotatable bonds is 9. The second-order valence-corrected chi connectivity index (χ2v) is 12.1. The van der Waals surface area contributed by atoms with Crippen molar-refractivity contribution in [1.29, 1.82) is 0 Å². The van der Waals surface area contributed by atoms with E-state index >= 15 is 0 Å². The lowest BCUT2D eigenvalue weighted by atomic mass is 10.1. The van der Waals surface area contributed by atoms with E-state index in [1.54, 1.807) is 36.4 Å². The molecule has 4 aromatic carbocycles. The number of fused-ring (bicyclic) bond motifs is 1. The minimum absolute atomic E-state index is 0.0791. The average molecular weight is 584 g/mol. The van der Waals surface area contributed by atoms with Crippen LogP contribution in [0.3, 0.4) is 0 Å². The van der Waals surface area contributed by atoms with Gasteiger partial charge >= 0.3 is 0 Å². The summed E-state index contributed by atoms with van der Waals surface area (Å²) >= 11 is 0. The van der Waals surface area contributed by atoms with E-state index in [2.05, 4.69) is 25.8 Å². The monoisotopic (exact) mass is 583 g/mol. The molecule has 0 aromatic heterocycles. The van der Waals surface area contributed by atoms with Crippen LogP contribution in [0.1, 0.15) is 13.8 Å². The van der Waals surface area contributed by atoms with Gasteiger partial charge in [0.1, 0.15) is 33.4 Å². The van der Waals surface area contributed by atoms with Crippen molar-refractivity contribution < 1.29 is 31.6 Å². The predicted molar refractivity (Wildman–Crippen MR) is 150 cm³/mol. The average Bonchev–Trinajstić information content (AvgIpc) is 2.92. The van der Waals surface area contributed by atoms with Gasteiger partial charge in [-0.15, -0.1) is 20.5 Å². The molecule has 0 aliphatic rings. The third-order valence-electron chi connectivity index (χ3n) is 5.84. The van der Waals surface area contributed by atoms with Crippen LogP contribution in [-0.2, 0) is 20.0 Å². The van der Waals surface area contributed by atoms with Gasteiger partial charge in [0.05, 0.1) is 16.3 Å². The Kier molecular flexibility index (Phi) is 8.13. The summed E-state index contributed by atoms with van der Waals surface area (Å²) in [7, 11) is -8.47. The Labute approximate surface area is 230 Å². The van der Waals surface area contributed by atoms with Gasteiger partial charge in [-0.1, -0.05) is 19.1 Å². The number of hydrogen-bond acceptors (Lipinski definition) is 11. The summed E-state index contributed by atoms with van der Waals surface area (Å²) in [6.45, 7) is 3.78. The quantitative estimate of drug-likeness (QED) is 0.126. The third kappa shape index (κ3) is 5.93. The van der Waals surface area contributed by atoms with E-state index in [9.17, 15) is 31.6 Å². The van der Waals surface area contributed by atoms with Crippen LogP contribution in [0.2, 0.25) is 0 Å². The molecule has 40 heavy (non-hydrogen) atoms. The Balaban J connectivity index is 1.87. The minimum atomic E-state index is -4.76. The molecule has 0 saturated carbocycles. The van der Waals surface area contributed by atoms with Crippen LogP contribution in [0.5, 0.6) is 11.5 Å². The molecule has 0 atom stereocenters. The fourth-order valence-electron chi connectivity index (χ4n) is 3.80. The molecule has 208 valence electrons. The molecule has 0 saturated heterocycles. The molecular weight excluding hydrogens is 558 g/mol. The van der Waals surface area contributed by atoms with Crippen molar-refractivity contribution in [3.05, 3.63) is 66.7 Å². The highest BCUT2D eigenvalue weighted by Gasteiger charge is 2.21. The molecule has 0 spiro atoms. The Morgan fingerprint density at radius 3 is 2.10 bits per heavy atom. The number of sulfone groups is 1. The Hall–Kier alpha value is -4.40. The molecule has 0 fully saturated rings. The van der Waals surface area contributed by atoms with E-state index in [0.29, 0.717) is 23.0 Å². The van der Waals surface area contributed by atoms with E-state index in [1.807, 2.05) is 6.92 Å². The van der Waals surface area contributed by atoms with Crippen LogP contribution in [0.25, 0.3) is 10.8 Å². The molecule has 0 bridgehead atoms. The number of phenols is 2. The first-order valence-corrected chi connectivity index (χ1v) is 15.0. The van der Waals surface area contributed by atoms with Crippen LogP contribution in [-0.4, -0.2) is 43.9 Å². The Bertz CT molecular complexity index is 1870. The molecule has 4 N–H and O–H groups in total. The van der Waals surface area contributed by atoms with E-state index in [-0.39, 0.29) is 44.9 Å². The molecule has 14 heteroatoms. The Morgan fingerprint density at radius 1 is 0.750 bits per heavy atom. The van der Waals surface area contributed by atoms with Gasteiger partial charge in [0, 0.05) is 17.3 Å². The van der Waals surface area contributed by atoms with Crippen molar-refractivity contribution in [3.8, 4) is 11.5 Å². The van der Waals surface area contributed by atoms with Gasteiger partial charge in [-0.3, -0.25) is 4.55 Å². The summed E-state index contributed by atoms with van der Waals surface area (Å²) in [5.41, 5.74) is 0.645. The van der Waals surface area contributed by atoms with Crippen LogP contribution < -0.4 is 5.32 Å². The summed E-state index contributed by atoms with van der Waals surface area (Å²) in [4.78, 5) is -0.801. The number of hydrogen-bond donors (Lipinski definition) is 4. The van der Waals surface area contributed by atoms with Crippen LogP contribution >= 0.6 is 0 Å². The number of phenolic OH excluding ortho intramolecular Hbond substituents is 2. The molecule has 4 rings (SSSR count). The molecule has 0 amide bonds. The van der Waals surface area contributed by atoms with Crippen molar-refractivity contribution in [3.63, 3.8) is 0 Å². The number of para-hydroxylation sites is 1. The summed E-state index contributed by atoms with van der Waals surface area (Å²) in [5.74, 6) is -0.540. The van der Waals surface area contributed by atoms with Gasteiger partial charge < -0.3 is 15.5 Å². The predicted octanol–water partition coefficient (Wildman–Crippen LogP) is 6.55. The molecule has 0 aliphatic heterocycles. The lowest BCUT2D eigenvalue weighted by Gasteiger charge is -2.12. The lowest BCUT2D eigenvalue weighted by Crippen LogP contribution is -2.05. The van der Waals surface area contributed by atoms with Gasteiger partial charge in [-0.25, -0.2) is 8.42 Å². The van der Waals surface area contributed by atoms with Crippen molar-refractivity contribution in [2.24, 2.45) is 20.5 Å². The smallest absolute Gasteiger partial charge is 0.296 e. The van der Waals surface area contributed by atoms with Gasteiger partial charge in [-0.2, -0.15) is 8.42 Å². The van der Waals surface area contributed by atoms with Crippen LogP contribution in [0, 0.1) is 0 Å². The number of aromatic hydroxyl groups is 2. The zero-order chi connectivity index (χ0) is 29.1. The van der Waals surface area contributed by atoms with Crippen LogP contribution in [0.4, 0.5) is 28.4 Å². The van der Waals surface area contributed by atoms with Crippen molar-refractivity contribution in [2.45, 2.75) is 23.6 Å². The first-order chi connectivity index (χ1) is 19.0. The molecule has 12 nitrogen and oxygen atoms in total. The molecule has 0 unspecified atom stereocenters. The fourth-order valence-corrected chi connectivity index (χ4v) is 5.30. The number of nitrogens with one attached hydrogen (secondary N) is 1. The number of nitrogens with zero attached hydrogens (tertiary/aromatic N) is 4. The minimum Gasteiger partial charge on any atom is -0.506 e. The number of benzene rings is 4. The largest absolute Gasteiger partial charge is 0.506 e. The standard InChI is InChI=1S/C26H25N5O7S2/c1-3-27-20-12-11-18-17(10-13-21(26(18)33)29-28-19-7-5-6-8-23(19)32)25(20)31-30-22-15-16(39(34,35)4-2)9-14-24(22)40(36,37)38/h5-15,27,32-33H,3-4H2,1-2H3,(H,36,37,38). The Morgan fingerprint density at radius 2 is 1.43 bits per heavy atom. The summed E-state index contributed by atoms with van der Waals surface area (Å²) in [6, 6.07) is 15.7. The maximum absolute atomic E-state index is 12.4. The van der Waals surface area contributed by atoms with Gasteiger partial charge in [0.2, 0.25) is 0 Å². The third-order valence-corrected chi connectivity index (χ3v) is 8.48. The zero-order valence-corrected chi connectivity index (χ0v) is 23.0. The summed E-state index contributed by atoms with van der Waals surface area (Å²) in [6.07, 6.45) is 0. The fraction of sp³-hybridized carbons (Fsp3) is 0.154. The second kappa shape index (κ2) is 11.4. The molecule has 0 aliphatic carbocycles. The van der Waals surface area contributed by atoms with E-state index < -0.39 is 24.9 Å². The van der Waals surface area contributed by atoms with E-state index in [1.165, 1.54) is 19.1 Å². The van der Waals surface area contributed by atoms with Crippen molar-refractivity contribution in [1.82, 2.24) is 0 Å². The molecule has 4 aromatic rings. The second-order valence-electron chi connectivity index (χ2n) is 8.42. The van der Waals surface area contributed by atoms with Crippen LogP contribution in [0.15, 0.2) is 97.0 Å². The summed E-state index contributed by atoms with van der Waals surface area (Å²) in [5, 5.41) is 41.0. The number of azo groups is 2. The van der Waals surface area contributed by atoms with Crippen molar-refractivity contribution in [2.75, 3.05) is 17.6 Å². The normalized spacial score (nSPS) is 12.5. The first-order valence-electron chi connectivity index (χ1n) is 11.9.